The van der Waals surface area contributed by atoms with Crippen molar-refractivity contribution in [3.63, 3.8) is 0 Å². The number of rotatable bonds is 4. The Labute approximate surface area is 103 Å². The summed E-state index contributed by atoms with van der Waals surface area (Å²) in [7, 11) is 0. The van der Waals surface area contributed by atoms with E-state index in [9.17, 15) is 13.2 Å². The molecule has 0 amide bonds. The number of halogens is 3. The predicted molar refractivity (Wildman–Crippen MR) is 59.4 cm³/mol. The van der Waals surface area contributed by atoms with Gasteiger partial charge in [-0.2, -0.15) is 13.2 Å². The van der Waals surface area contributed by atoms with Gasteiger partial charge in [-0.1, -0.05) is 5.16 Å². The lowest BCUT2D eigenvalue weighted by Crippen LogP contribution is -2.47. The van der Waals surface area contributed by atoms with Crippen molar-refractivity contribution in [3.05, 3.63) is 0 Å². The van der Waals surface area contributed by atoms with Gasteiger partial charge in [0.25, 0.3) is 0 Å². The molecule has 0 bridgehead atoms. The van der Waals surface area contributed by atoms with Crippen LogP contribution in [0.4, 0.5) is 13.2 Å². The highest BCUT2D eigenvalue weighted by Gasteiger charge is 2.42. The van der Waals surface area contributed by atoms with Crippen LogP contribution in [0.25, 0.3) is 0 Å². The van der Waals surface area contributed by atoms with Gasteiger partial charge in [-0.25, -0.2) is 0 Å². The van der Waals surface area contributed by atoms with Crippen LogP contribution in [0.2, 0.25) is 0 Å². The molecule has 3 atom stereocenters. The molecule has 0 spiro atoms. The van der Waals surface area contributed by atoms with E-state index in [1.165, 1.54) is 0 Å². The van der Waals surface area contributed by atoms with E-state index in [1.54, 1.807) is 0 Å². The standard InChI is InChI=1S/C10H18F3N3O2/c1-6-4-7(2-3-18-6)15-5-8(9(14)16-17)10(11,12)13/h6-8,15,17H,2-5H2,1H3,(H2,14,16). The van der Waals surface area contributed by atoms with Gasteiger partial charge in [-0.05, 0) is 19.8 Å². The van der Waals surface area contributed by atoms with Gasteiger partial charge >= 0.3 is 6.18 Å². The molecule has 0 saturated carbocycles. The number of alkyl halides is 3. The zero-order valence-corrected chi connectivity index (χ0v) is 10.1. The summed E-state index contributed by atoms with van der Waals surface area (Å²) >= 11 is 0. The van der Waals surface area contributed by atoms with Crippen molar-refractivity contribution in [3.8, 4) is 0 Å². The van der Waals surface area contributed by atoms with Gasteiger partial charge in [0.2, 0.25) is 0 Å². The summed E-state index contributed by atoms with van der Waals surface area (Å²) in [5, 5.41) is 13.6. The van der Waals surface area contributed by atoms with Crippen molar-refractivity contribution in [2.75, 3.05) is 13.2 Å². The molecule has 8 heteroatoms. The summed E-state index contributed by atoms with van der Waals surface area (Å²) in [6.45, 7) is 2.01. The van der Waals surface area contributed by atoms with E-state index in [0.29, 0.717) is 19.4 Å². The number of hydrogen-bond donors (Lipinski definition) is 3. The van der Waals surface area contributed by atoms with Crippen molar-refractivity contribution < 1.29 is 23.1 Å². The van der Waals surface area contributed by atoms with Crippen LogP contribution in [-0.4, -0.2) is 42.5 Å². The molecule has 3 unspecified atom stereocenters. The van der Waals surface area contributed by atoms with Crippen molar-refractivity contribution in [2.24, 2.45) is 16.8 Å². The molecule has 18 heavy (non-hydrogen) atoms. The van der Waals surface area contributed by atoms with Crippen LogP contribution >= 0.6 is 0 Å². The van der Waals surface area contributed by atoms with E-state index in [1.807, 2.05) is 6.92 Å². The maximum absolute atomic E-state index is 12.7. The fraction of sp³-hybridized carbons (Fsp3) is 0.900. The summed E-state index contributed by atoms with van der Waals surface area (Å²) in [4.78, 5) is 0. The summed E-state index contributed by atoms with van der Waals surface area (Å²) < 4.78 is 43.3. The van der Waals surface area contributed by atoms with Crippen LogP contribution in [-0.2, 0) is 4.74 Å². The Morgan fingerprint density at radius 1 is 1.61 bits per heavy atom. The Morgan fingerprint density at radius 2 is 2.28 bits per heavy atom. The van der Waals surface area contributed by atoms with Gasteiger partial charge in [-0.15, -0.1) is 0 Å². The van der Waals surface area contributed by atoms with Gasteiger partial charge in [0.1, 0.15) is 5.92 Å². The molecule has 1 aliphatic heterocycles. The molecule has 5 nitrogen and oxygen atoms in total. The molecule has 0 aromatic rings. The number of nitrogens with one attached hydrogen (secondary N) is 1. The second kappa shape index (κ2) is 6.24. The monoisotopic (exact) mass is 269 g/mol. The Morgan fingerprint density at radius 3 is 2.78 bits per heavy atom. The molecule has 1 rings (SSSR count). The van der Waals surface area contributed by atoms with Crippen LogP contribution in [0.1, 0.15) is 19.8 Å². The first kappa shape index (κ1) is 15.0. The zero-order chi connectivity index (χ0) is 13.8. The third-order valence-electron chi connectivity index (χ3n) is 2.96. The maximum Gasteiger partial charge on any atom is 0.400 e. The minimum atomic E-state index is -4.53. The normalized spacial score (nSPS) is 28.1. The molecule has 1 aliphatic rings. The number of ether oxygens (including phenoxy) is 1. The summed E-state index contributed by atoms with van der Waals surface area (Å²) in [6, 6.07) is -0.0370. The third-order valence-corrected chi connectivity index (χ3v) is 2.96. The summed E-state index contributed by atoms with van der Waals surface area (Å²) in [5.74, 6) is -2.80. The number of nitrogens with two attached hydrogens (primary N) is 1. The second-order valence-corrected chi connectivity index (χ2v) is 4.43. The van der Waals surface area contributed by atoms with Gasteiger partial charge < -0.3 is 21.0 Å². The first-order chi connectivity index (χ1) is 8.34. The second-order valence-electron chi connectivity index (χ2n) is 4.43. The van der Waals surface area contributed by atoms with Gasteiger partial charge in [0.05, 0.1) is 6.10 Å². The minimum Gasteiger partial charge on any atom is -0.409 e. The smallest absolute Gasteiger partial charge is 0.400 e. The Kier molecular flexibility index (Phi) is 5.21. The highest BCUT2D eigenvalue weighted by atomic mass is 19.4. The number of oxime groups is 1. The van der Waals surface area contributed by atoms with Crippen LogP contribution in [0, 0.1) is 5.92 Å². The predicted octanol–water partition coefficient (Wildman–Crippen LogP) is 1.07. The molecular weight excluding hydrogens is 251 g/mol. The Balaban J connectivity index is 2.52. The van der Waals surface area contributed by atoms with E-state index in [2.05, 4.69) is 10.5 Å². The molecule has 0 aromatic heterocycles. The van der Waals surface area contributed by atoms with Crippen LogP contribution in [0.5, 0.6) is 0 Å². The number of amidine groups is 1. The van der Waals surface area contributed by atoms with E-state index >= 15 is 0 Å². The quantitative estimate of drug-likeness (QED) is 0.309. The topological polar surface area (TPSA) is 79.9 Å². The molecule has 4 N–H and O–H groups in total. The lowest BCUT2D eigenvalue weighted by Gasteiger charge is -2.29. The summed E-state index contributed by atoms with van der Waals surface area (Å²) in [5.41, 5.74) is 5.06. The lowest BCUT2D eigenvalue weighted by molar-refractivity contribution is -0.155. The van der Waals surface area contributed by atoms with Crippen LogP contribution in [0.3, 0.4) is 0 Å². The van der Waals surface area contributed by atoms with Crippen molar-refractivity contribution in [1.82, 2.24) is 5.32 Å². The molecule has 106 valence electrons. The van der Waals surface area contributed by atoms with Gasteiger partial charge in [0, 0.05) is 19.2 Å². The summed E-state index contributed by atoms with van der Waals surface area (Å²) in [6.07, 6.45) is -3.18. The van der Waals surface area contributed by atoms with E-state index in [0.717, 1.165) is 0 Å². The van der Waals surface area contributed by atoms with Gasteiger partial charge in [-0.3, -0.25) is 0 Å². The van der Waals surface area contributed by atoms with E-state index in [-0.39, 0.29) is 12.1 Å². The third kappa shape index (κ3) is 4.34. The Bertz CT molecular complexity index is 297. The molecule has 1 heterocycles. The van der Waals surface area contributed by atoms with Crippen molar-refractivity contribution >= 4 is 5.84 Å². The molecule has 1 fully saturated rings. The van der Waals surface area contributed by atoms with E-state index < -0.39 is 24.5 Å². The molecule has 0 aromatic carbocycles. The van der Waals surface area contributed by atoms with Crippen LogP contribution in [0.15, 0.2) is 5.16 Å². The van der Waals surface area contributed by atoms with Crippen molar-refractivity contribution in [2.45, 2.75) is 38.1 Å². The van der Waals surface area contributed by atoms with Crippen molar-refractivity contribution in [1.29, 1.82) is 0 Å². The Hall–Kier alpha value is -1.02. The highest BCUT2D eigenvalue weighted by Crippen LogP contribution is 2.26. The van der Waals surface area contributed by atoms with Gasteiger partial charge in [0.15, 0.2) is 5.84 Å². The number of nitrogens with zero attached hydrogens (tertiary/aromatic N) is 1. The highest BCUT2D eigenvalue weighted by molar-refractivity contribution is 5.83. The average Bonchev–Trinajstić information content (AvgIpc) is 2.27. The fourth-order valence-corrected chi connectivity index (χ4v) is 1.93. The number of hydrogen-bond acceptors (Lipinski definition) is 4. The molecular formula is C10H18F3N3O2. The molecule has 1 saturated heterocycles. The first-order valence-corrected chi connectivity index (χ1v) is 5.73. The lowest BCUT2D eigenvalue weighted by atomic mass is 10.0. The van der Waals surface area contributed by atoms with E-state index in [4.69, 9.17) is 15.7 Å². The molecule has 0 radical (unpaired) electrons. The fourth-order valence-electron chi connectivity index (χ4n) is 1.93. The zero-order valence-electron chi connectivity index (χ0n) is 10.1. The van der Waals surface area contributed by atoms with Crippen LogP contribution < -0.4 is 11.1 Å². The largest absolute Gasteiger partial charge is 0.409 e. The molecule has 0 aliphatic carbocycles. The minimum absolute atomic E-state index is 0.0319. The first-order valence-electron chi connectivity index (χ1n) is 5.73. The average molecular weight is 269 g/mol. The maximum atomic E-state index is 12.7. The SMILES string of the molecule is CC1CC(NCC(C(N)=NO)C(F)(F)F)CCO1.